The van der Waals surface area contributed by atoms with Gasteiger partial charge in [-0.2, -0.15) is 0 Å². The van der Waals surface area contributed by atoms with Gasteiger partial charge >= 0.3 is 0 Å². The summed E-state index contributed by atoms with van der Waals surface area (Å²) in [4.78, 5) is 4.88. The number of benzene rings is 2. The Morgan fingerprint density at radius 3 is 2.32 bits per heavy atom. The molecule has 0 fully saturated rings. The molecule has 0 bridgehead atoms. The first-order chi connectivity index (χ1) is 10.7. The van der Waals surface area contributed by atoms with Gasteiger partial charge in [0, 0.05) is 12.1 Å². The summed E-state index contributed by atoms with van der Waals surface area (Å²) in [5.41, 5.74) is 7.97. The molecule has 0 aliphatic carbocycles. The number of hydrogen-bond acceptors (Lipinski definition) is 1. The van der Waals surface area contributed by atoms with E-state index in [0.717, 1.165) is 19.3 Å². The van der Waals surface area contributed by atoms with E-state index >= 15 is 0 Å². The maximum Gasteiger partial charge on any atom is 0.0520 e. The van der Waals surface area contributed by atoms with Crippen molar-refractivity contribution in [1.82, 2.24) is 0 Å². The Morgan fingerprint density at radius 1 is 0.864 bits per heavy atom. The Kier molecular flexibility index (Phi) is 4.53. The average Bonchev–Trinajstić information content (AvgIpc) is 2.91. The average molecular weight is 289 g/mol. The minimum atomic E-state index is 1.00. The van der Waals surface area contributed by atoms with E-state index in [0.29, 0.717) is 0 Å². The van der Waals surface area contributed by atoms with E-state index in [1.807, 2.05) is 0 Å². The van der Waals surface area contributed by atoms with Crippen LogP contribution in [-0.4, -0.2) is 5.71 Å². The third kappa shape index (κ3) is 3.54. The first kappa shape index (κ1) is 14.8. The van der Waals surface area contributed by atoms with Gasteiger partial charge in [0.2, 0.25) is 0 Å². The normalized spacial score (nSPS) is 14.4. The van der Waals surface area contributed by atoms with Crippen LogP contribution in [0.25, 0.3) is 0 Å². The van der Waals surface area contributed by atoms with Gasteiger partial charge in [-0.25, -0.2) is 0 Å². The van der Waals surface area contributed by atoms with E-state index in [1.165, 1.54) is 40.1 Å². The molecule has 2 aromatic carbocycles. The number of rotatable bonds is 5. The molecule has 0 saturated heterocycles. The predicted molar refractivity (Wildman–Crippen MR) is 94.4 cm³/mol. The van der Waals surface area contributed by atoms with Crippen molar-refractivity contribution in [3.8, 4) is 0 Å². The SMILES string of the molecule is CC1=C(CCCc2ccc(C)cc2)N=C(c2ccccc2)C1. The fourth-order valence-corrected chi connectivity index (χ4v) is 2.93. The fraction of sp³-hybridized carbons (Fsp3) is 0.286. The molecule has 1 heteroatoms. The highest BCUT2D eigenvalue weighted by Crippen LogP contribution is 2.26. The standard InChI is InChI=1S/C21H23N/c1-16-11-13-18(14-12-16)7-6-10-20-17(2)15-21(22-20)19-8-4-3-5-9-19/h3-5,8-9,11-14H,6-7,10,15H2,1-2H3. The molecule has 0 N–H and O–H groups in total. The summed E-state index contributed by atoms with van der Waals surface area (Å²) in [5, 5.41) is 0. The first-order valence-electron chi connectivity index (χ1n) is 8.09. The second-order valence-corrected chi connectivity index (χ2v) is 6.17. The highest BCUT2D eigenvalue weighted by molar-refractivity contribution is 6.04. The van der Waals surface area contributed by atoms with E-state index in [-0.39, 0.29) is 0 Å². The van der Waals surface area contributed by atoms with Crippen molar-refractivity contribution in [2.45, 2.75) is 39.5 Å². The van der Waals surface area contributed by atoms with Crippen LogP contribution in [0.15, 0.2) is 70.9 Å². The van der Waals surface area contributed by atoms with Crippen molar-refractivity contribution >= 4 is 5.71 Å². The largest absolute Gasteiger partial charge is 0.257 e. The molecular weight excluding hydrogens is 266 g/mol. The molecule has 3 rings (SSSR count). The lowest BCUT2D eigenvalue weighted by Gasteiger charge is -2.03. The van der Waals surface area contributed by atoms with E-state index in [9.17, 15) is 0 Å². The van der Waals surface area contributed by atoms with Crippen molar-refractivity contribution in [2.75, 3.05) is 0 Å². The number of allylic oxidation sites excluding steroid dienone is 2. The lowest BCUT2D eigenvalue weighted by atomic mass is 10.0. The third-order valence-corrected chi connectivity index (χ3v) is 4.30. The van der Waals surface area contributed by atoms with E-state index in [2.05, 4.69) is 68.4 Å². The van der Waals surface area contributed by atoms with Crippen molar-refractivity contribution in [2.24, 2.45) is 4.99 Å². The Hall–Kier alpha value is -2.15. The van der Waals surface area contributed by atoms with Crippen molar-refractivity contribution in [3.05, 3.63) is 82.6 Å². The predicted octanol–water partition coefficient (Wildman–Crippen LogP) is 5.48. The molecule has 1 aliphatic rings. The minimum Gasteiger partial charge on any atom is -0.257 e. The summed E-state index contributed by atoms with van der Waals surface area (Å²) in [6.45, 7) is 4.36. The van der Waals surface area contributed by atoms with Crippen LogP contribution in [0.1, 0.15) is 42.9 Å². The summed E-state index contributed by atoms with van der Waals surface area (Å²) in [6.07, 6.45) is 4.38. The fourth-order valence-electron chi connectivity index (χ4n) is 2.93. The molecule has 22 heavy (non-hydrogen) atoms. The molecule has 0 saturated carbocycles. The van der Waals surface area contributed by atoms with Crippen LogP contribution >= 0.6 is 0 Å². The van der Waals surface area contributed by atoms with Gasteiger partial charge in [0.05, 0.1) is 5.71 Å². The quantitative estimate of drug-likeness (QED) is 0.690. The highest BCUT2D eigenvalue weighted by Gasteiger charge is 2.15. The number of aliphatic imine (C=N–C) groups is 1. The van der Waals surface area contributed by atoms with Gasteiger partial charge in [-0.1, -0.05) is 60.2 Å². The topological polar surface area (TPSA) is 12.4 Å². The molecule has 0 radical (unpaired) electrons. The monoisotopic (exact) mass is 289 g/mol. The second-order valence-electron chi connectivity index (χ2n) is 6.17. The molecule has 0 atom stereocenters. The molecule has 0 spiro atoms. The summed E-state index contributed by atoms with van der Waals surface area (Å²) in [6, 6.07) is 19.4. The molecule has 0 aromatic heterocycles. The van der Waals surface area contributed by atoms with E-state index in [4.69, 9.17) is 4.99 Å². The maximum atomic E-state index is 4.88. The molecule has 1 aliphatic heterocycles. The van der Waals surface area contributed by atoms with E-state index in [1.54, 1.807) is 0 Å². The summed E-state index contributed by atoms with van der Waals surface area (Å²) < 4.78 is 0. The molecule has 1 heterocycles. The van der Waals surface area contributed by atoms with Gasteiger partial charge in [0.25, 0.3) is 0 Å². The smallest absolute Gasteiger partial charge is 0.0520 e. The molecule has 0 unspecified atom stereocenters. The second kappa shape index (κ2) is 6.74. The lowest BCUT2D eigenvalue weighted by Crippen LogP contribution is -1.96. The zero-order valence-electron chi connectivity index (χ0n) is 13.5. The number of nitrogens with zero attached hydrogens (tertiary/aromatic N) is 1. The Bertz CT molecular complexity index is 690. The van der Waals surface area contributed by atoms with Crippen LogP contribution in [0, 0.1) is 6.92 Å². The van der Waals surface area contributed by atoms with Crippen molar-refractivity contribution < 1.29 is 0 Å². The molecule has 2 aromatic rings. The van der Waals surface area contributed by atoms with E-state index < -0.39 is 0 Å². The zero-order chi connectivity index (χ0) is 15.4. The van der Waals surface area contributed by atoms with Gasteiger partial charge in [-0.3, -0.25) is 4.99 Å². The van der Waals surface area contributed by atoms with Crippen LogP contribution in [0.2, 0.25) is 0 Å². The Balaban J connectivity index is 1.59. The molecular formula is C21H23N. The van der Waals surface area contributed by atoms with Crippen LogP contribution in [0.4, 0.5) is 0 Å². The number of hydrogen-bond donors (Lipinski definition) is 0. The van der Waals surface area contributed by atoms with Gasteiger partial charge in [-0.05, 0) is 49.8 Å². The summed E-state index contributed by atoms with van der Waals surface area (Å²) in [7, 11) is 0. The Labute approximate surface area is 133 Å². The number of aryl methyl sites for hydroxylation is 2. The van der Waals surface area contributed by atoms with Crippen molar-refractivity contribution in [1.29, 1.82) is 0 Å². The summed E-state index contributed by atoms with van der Waals surface area (Å²) in [5.74, 6) is 0. The minimum absolute atomic E-state index is 1.00. The molecule has 0 amide bonds. The first-order valence-corrected chi connectivity index (χ1v) is 8.09. The van der Waals surface area contributed by atoms with Crippen LogP contribution in [0.5, 0.6) is 0 Å². The van der Waals surface area contributed by atoms with Gasteiger partial charge < -0.3 is 0 Å². The van der Waals surface area contributed by atoms with Gasteiger partial charge in [0.15, 0.2) is 0 Å². The highest BCUT2D eigenvalue weighted by atomic mass is 14.8. The van der Waals surface area contributed by atoms with Crippen molar-refractivity contribution in [3.63, 3.8) is 0 Å². The van der Waals surface area contributed by atoms with Gasteiger partial charge in [-0.15, -0.1) is 0 Å². The third-order valence-electron chi connectivity index (χ3n) is 4.30. The summed E-state index contributed by atoms with van der Waals surface area (Å²) >= 11 is 0. The Morgan fingerprint density at radius 2 is 1.59 bits per heavy atom. The molecule has 1 nitrogen and oxygen atoms in total. The van der Waals surface area contributed by atoms with Crippen LogP contribution in [-0.2, 0) is 6.42 Å². The van der Waals surface area contributed by atoms with Crippen LogP contribution in [0.3, 0.4) is 0 Å². The molecule has 112 valence electrons. The lowest BCUT2D eigenvalue weighted by molar-refractivity contribution is 0.800. The van der Waals surface area contributed by atoms with Crippen LogP contribution < -0.4 is 0 Å². The maximum absolute atomic E-state index is 4.88. The zero-order valence-corrected chi connectivity index (χ0v) is 13.5. The van der Waals surface area contributed by atoms with Gasteiger partial charge in [0.1, 0.15) is 0 Å².